The van der Waals surface area contributed by atoms with Crippen LogP contribution in [-0.2, 0) is 11.3 Å². The van der Waals surface area contributed by atoms with Crippen molar-refractivity contribution in [2.75, 3.05) is 45.3 Å². The highest BCUT2D eigenvalue weighted by Gasteiger charge is 2.23. The van der Waals surface area contributed by atoms with E-state index in [1.165, 1.54) is 0 Å². The van der Waals surface area contributed by atoms with Crippen molar-refractivity contribution in [2.45, 2.75) is 6.61 Å². The fourth-order valence-electron chi connectivity index (χ4n) is 2.80. The number of carbonyl (C=O) groups is 1. The standard InChI is InChI=1S/C18H22N4O3/c1-24-13-14-3-5-15(6-4-14)17(23)21-9-11-22(12-10-21)18-19-8-7-16(20-18)25-2/h3-8H,9-13H2,1-2H3. The van der Waals surface area contributed by atoms with E-state index in [9.17, 15) is 4.79 Å². The molecule has 1 aliphatic heterocycles. The fourth-order valence-corrected chi connectivity index (χ4v) is 2.80. The van der Waals surface area contributed by atoms with Gasteiger partial charge in [-0.15, -0.1) is 0 Å². The van der Waals surface area contributed by atoms with Crippen LogP contribution >= 0.6 is 0 Å². The van der Waals surface area contributed by atoms with Crippen LogP contribution < -0.4 is 9.64 Å². The number of hydrogen-bond donors (Lipinski definition) is 0. The summed E-state index contributed by atoms with van der Waals surface area (Å²) in [6.45, 7) is 3.22. The summed E-state index contributed by atoms with van der Waals surface area (Å²) < 4.78 is 10.2. The molecule has 0 unspecified atom stereocenters. The summed E-state index contributed by atoms with van der Waals surface area (Å²) in [6.07, 6.45) is 1.68. The van der Waals surface area contributed by atoms with Crippen LogP contribution in [0.3, 0.4) is 0 Å². The normalized spacial score (nSPS) is 14.5. The average Bonchev–Trinajstić information content (AvgIpc) is 2.68. The lowest BCUT2D eigenvalue weighted by Crippen LogP contribution is -2.49. The number of aromatic nitrogens is 2. The second-order valence-electron chi connectivity index (χ2n) is 5.81. The first kappa shape index (κ1) is 17.2. The maximum Gasteiger partial charge on any atom is 0.253 e. The molecule has 0 radical (unpaired) electrons. The molecule has 1 aromatic carbocycles. The van der Waals surface area contributed by atoms with Crippen LogP contribution in [0.4, 0.5) is 5.95 Å². The highest BCUT2D eigenvalue weighted by molar-refractivity contribution is 5.94. The highest BCUT2D eigenvalue weighted by atomic mass is 16.5. The van der Waals surface area contributed by atoms with Gasteiger partial charge in [0, 0.05) is 51.1 Å². The summed E-state index contributed by atoms with van der Waals surface area (Å²) in [6, 6.07) is 9.28. The van der Waals surface area contributed by atoms with Gasteiger partial charge in [-0.25, -0.2) is 4.98 Å². The number of amides is 1. The third-order valence-corrected chi connectivity index (χ3v) is 4.19. The van der Waals surface area contributed by atoms with Crippen LogP contribution in [0.1, 0.15) is 15.9 Å². The number of nitrogens with zero attached hydrogens (tertiary/aromatic N) is 4. The van der Waals surface area contributed by atoms with E-state index in [1.54, 1.807) is 26.5 Å². The molecule has 1 saturated heterocycles. The molecule has 7 heteroatoms. The Balaban J connectivity index is 1.60. The maximum atomic E-state index is 12.6. The van der Waals surface area contributed by atoms with Crippen molar-refractivity contribution in [3.05, 3.63) is 47.7 Å². The SMILES string of the molecule is COCc1ccc(C(=O)N2CCN(c3nccc(OC)n3)CC2)cc1. The van der Waals surface area contributed by atoms with Gasteiger partial charge in [-0.1, -0.05) is 12.1 Å². The topological polar surface area (TPSA) is 67.8 Å². The van der Waals surface area contributed by atoms with Crippen LogP contribution in [0.2, 0.25) is 0 Å². The van der Waals surface area contributed by atoms with E-state index < -0.39 is 0 Å². The second kappa shape index (κ2) is 7.94. The number of methoxy groups -OCH3 is 2. The third kappa shape index (κ3) is 4.06. The molecule has 2 heterocycles. The Morgan fingerprint density at radius 3 is 2.44 bits per heavy atom. The van der Waals surface area contributed by atoms with Crippen LogP contribution in [-0.4, -0.2) is 61.2 Å². The molecule has 1 aromatic heterocycles. The van der Waals surface area contributed by atoms with Gasteiger partial charge in [0.2, 0.25) is 11.8 Å². The number of rotatable bonds is 5. The molecule has 0 saturated carbocycles. The van der Waals surface area contributed by atoms with Gasteiger partial charge < -0.3 is 19.3 Å². The molecule has 3 rings (SSSR count). The average molecular weight is 342 g/mol. The molecule has 2 aromatic rings. The van der Waals surface area contributed by atoms with Crippen LogP contribution in [0, 0.1) is 0 Å². The first-order chi connectivity index (χ1) is 12.2. The van der Waals surface area contributed by atoms with Gasteiger partial charge in [0.05, 0.1) is 13.7 Å². The minimum Gasteiger partial charge on any atom is -0.481 e. The molecule has 7 nitrogen and oxygen atoms in total. The minimum atomic E-state index is 0.0511. The van der Waals surface area contributed by atoms with Crippen LogP contribution in [0.5, 0.6) is 5.88 Å². The zero-order valence-corrected chi connectivity index (χ0v) is 14.5. The third-order valence-electron chi connectivity index (χ3n) is 4.19. The number of benzene rings is 1. The molecule has 25 heavy (non-hydrogen) atoms. The Hall–Kier alpha value is -2.67. The van der Waals surface area contributed by atoms with E-state index in [0.717, 1.165) is 5.56 Å². The van der Waals surface area contributed by atoms with Gasteiger partial charge in [0.1, 0.15) is 0 Å². The lowest BCUT2D eigenvalue weighted by molar-refractivity contribution is 0.0746. The molecule has 0 aliphatic carbocycles. The Bertz CT molecular complexity index is 713. The largest absolute Gasteiger partial charge is 0.481 e. The van der Waals surface area contributed by atoms with Crippen LogP contribution in [0.25, 0.3) is 0 Å². The summed E-state index contributed by atoms with van der Waals surface area (Å²) in [7, 11) is 3.24. The number of piperazine rings is 1. The monoisotopic (exact) mass is 342 g/mol. The molecule has 1 fully saturated rings. The summed E-state index contributed by atoms with van der Waals surface area (Å²) in [4.78, 5) is 25.2. The quantitative estimate of drug-likeness (QED) is 0.822. The first-order valence-electron chi connectivity index (χ1n) is 8.20. The molecule has 0 N–H and O–H groups in total. The molecular formula is C18H22N4O3. The summed E-state index contributed by atoms with van der Waals surface area (Å²) >= 11 is 0. The van der Waals surface area contributed by atoms with E-state index in [4.69, 9.17) is 9.47 Å². The first-order valence-corrected chi connectivity index (χ1v) is 8.20. The summed E-state index contributed by atoms with van der Waals surface area (Å²) in [5.74, 6) is 1.23. The maximum absolute atomic E-state index is 12.6. The molecule has 0 spiro atoms. The van der Waals surface area contributed by atoms with Crippen molar-refractivity contribution in [1.29, 1.82) is 0 Å². The van der Waals surface area contributed by atoms with Crippen molar-refractivity contribution >= 4 is 11.9 Å². The molecular weight excluding hydrogens is 320 g/mol. The fraction of sp³-hybridized carbons (Fsp3) is 0.389. The Kier molecular flexibility index (Phi) is 5.45. The van der Waals surface area contributed by atoms with E-state index in [2.05, 4.69) is 14.9 Å². The van der Waals surface area contributed by atoms with Gasteiger partial charge in [0.15, 0.2) is 0 Å². The second-order valence-corrected chi connectivity index (χ2v) is 5.81. The highest BCUT2D eigenvalue weighted by Crippen LogP contribution is 2.16. The zero-order valence-electron chi connectivity index (χ0n) is 14.5. The van der Waals surface area contributed by atoms with Gasteiger partial charge in [0.25, 0.3) is 5.91 Å². The molecule has 1 amide bonds. The van der Waals surface area contributed by atoms with Crippen molar-refractivity contribution in [1.82, 2.24) is 14.9 Å². The number of ether oxygens (including phenoxy) is 2. The Morgan fingerprint density at radius 2 is 1.80 bits per heavy atom. The number of carbonyl (C=O) groups excluding carboxylic acids is 1. The van der Waals surface area contributed by atoms with Crippen molar-refractivity contribution in [2.24, 2.45) is 0 Å². The Labute approximate surface area is 147 Å². The van der Waals surface area contributed by atoms with Gasteiger partial charge >= 0.3 is 0 Å². The van der Waals surface area contributed by atoms with Gasteiger partial charge in [-0.2, -0.15) is 4.98 Å². The lowest BCUT2D eigenvalue weighted by atomic mass is 10.1. The minimum absolute atomic E-state index is 0.0511. The van der Waals surface area contributed by atoms with Crippen molar-refractivity contribution < 1.29 is 14.3 Å². The van der Waals surface area contributed by atoms with Crippen molar-refractivity contribution in [3.63, 3.8) is 0 Å². The van der Waals surface area contributed by atoms with E-state index >= 15 is 0 Å². The smallest absolute Gasteiger partial charge is 0.253 e. The van der Waals surface area contributed by atoms with E-state index in [-0.39, 0.29) is 5.91 Å². The zero-order chi connectivity index (χ0) is 17.6. The number of anilines is 1. The molecule has 1 aliphatic rings. The Morgan fingerprint density at radius 1 is 1.08 bits per heavy atom. The lowest BCUT2D eigenvalue weighted by Gasteiger charge is -2.34. The van der Waals surface area contributed by atoms with Crippen molar-refractivity contribution in [3.8, 4) is 5.88 Å². The van der Waals surface area contributed by atoms with Crippen LogP contribution in [0.15, 0.2) is 36.5 Å². The van der Waals surface area contributed by atoms with E-state index in [1.807, 2.05) is 29.2 Å². The summed E-state index contributed by atoms with van der Waals surface area (Å²) in [5.41, 5.74) is 1.75. The predicted molar refractivity (Wildman–Crippen MR) is 93.9 cm³/mol. The van der Waals surface area contributed by atoms with Gasteiger partial charge in [-0.3, -0.25) is 4.79 Å². The molecule has 132 valence electrons. The molecule has 0 bridgehead atoms. The molecule has 0 atom stereocenters. The predicted octanol–water partition coefficient (Wildman–Crippen LogP) is 1.59. The van der Waals surface area contributed by atoms with E-state index in [0.29, 0.717) is 50.2 Å². The number of hydrogen-bond acceptors (Lipinski definition) is 6. The van der Waals surface area contributed by atoms with Gasteiger partial charge in [-0.05, 0) is 17.7 Å². The summed E-state index contributed by atoms with van der Waals surface area (Å²) in [5, 5.41) is 0.